The topological polar surface area (TPSA) is 108 Å². The summed E-state index contributed by atoms with van der Waals surface area (Å²) in [5.41, 5.74) is 0.325. The molecule has 1 saturated heterocycles. The number of amides is 1. The van der Waals surface area contributed by atoms with Crippen molar-refractivity contribution in [2.45, 2.75) is 57.0 Å². The molecule has 8 nitrogen and oxygen atoms in total. The second-order valence-electron chi connectivity index (χ2n) is 7.26. The number of piperidine rings is 1. The van der Waals surface area contributed by atoms with Gasteiger partial charge >= 0.3 is 0 Å². The number of carbonyl (C=O) groups is 1. The number of hydrogen-bond donors (Lipinski definition) is 3. The molecule has 0 spiro atoms. The van der Waals surface area contributed by atoms with Gasteiger partial charge < -0.3 is 14.6 Å². The Kier molecular flexibility index (Phi) is 6.24. The second-order valence-corrected chi connectivity index (χ2v) is 9.40. The SMILES string of the molecule is COCCCS(O)(O)N1CC[C@H](NC(=O)c2cc(C3CC3)on2)CC1C. The molecule has 1 aromatic rings. The number of nitrogens with zero attached hydrogens (tertiary/aromatic N) is 2. The number of hydrogen-bond acceptors (Lipinski definition) is 7. The fraction of sp³-hybridized carbons (Fsp3) is 0.765. The van der Waals surface area contributed by atoms with Gasteiger partial charge in [-0.25, -0.2) is 4.31 Å². The molecular weight excluding hydrogens is 358 g/mol. The summed E-state index contributed by atoms with van der Waals surface area (Å²) >= 11 is 0. The molecule has 1 aliphatic heterocycles. The van der Waals surface area contributed by atoms with E-state index in [1.807, 2.05) is 6.92 Å². The van der Waals surface area contributed by atoms with Crippen molar-refractivity contribution < 1.29 is 23.2 Å². The van der Waals surface area contributed by atoms with Gasteiger partial charge in [-0.2, -0.15) is 0 Å². The molecule has 3 N–H and O–H groups in total. The van der Waals surface area contributed by atoms with Crippen LogP contribution in [0.3, 0.4) is 0 Å². The molecule has 26 heavy (non-hydrogen) atoms. The predicted molar refractivity (Wildman–Crippen MR) is 99.3 cm³/mol. The first kappa shape index (κ1) is 19.6. The molecule has 148 valence electrons. The van der Waals surface area contributed by atoms with E-state index in [0.717, 1.165) is 18.6 Å². The molecule has 3 rings (SSSR count). The van der Waals surface area contributed by atoms with E-state index < -0.39 is 10.8 Å². The highest BCUT2D eigenvalue weighted by Crippen LogP contribution is 2.47. The molecule has 0 bridgehead atoms. The van der Waals surface area contributed by atoms with E-state index in [4.69, 9.17) is 9.26 Å². The monoisotopic (exact) mass is 387 g/mol. The van der Waals surface area contributed by atoms with E-state index >= 15 is 0 Å². The molecule has 0 radical (unpaired) electrons. The quantitative estimate of drug-likeness (QED) is 0.589. The highest BCUT2D eigenvalue weighted by atomic mass is 32.3. The molecule has 2 fully saturated rings. The molecule has 2 heterocycles. The number of aromatic nitrogens is 1. The van der Waals surface area contributed by atoms with Gasteiger partial charge in [-0.1, -0.05) is 5.16 Å². The summed E-state index contributed by atoms with van der Waals surface area (Å²) in [7, 11) is -1.19. The average molecular weight is 388 g/mol. The first-order valence-corrected chi connectivity index (χ1v) is 10.9. The zero-order chi connectivity index (χ0) is 18.7. The van der Waals surface area contributed by atoms with E-state index in [1.165, 1.54) is 0 Å². The van der Waals surface area contributed by atoms with Gasteiger partial charge in [0.1, 0.15) is 5.76 Å². The van der Waals surface area contributed by atoms with E-state index in [0.29, 0.717) is 49.8 Å². The third-order valence-electron chi connectivity index (χ3n) is 5.03. The largest absolute Gasteiger partial charge is 0.385 e. The maximum absolute atomic E-state index is 12.4. The summed E-state index contributed by atoms with van der Waals surface area (Å²) in [6, 6.07) is 1.70. The van der Waals surface area contributed by atoms with Crippen molar-refractivity contribution in [3.8, 4) is 0 Å². The maximum Gasteiger partial charge on any atom is 0.273 e. The number of ether oxygens (including phenoxy) is 1. The Morgan fingerprint density at radius 2 is 2.23 bits per heavy atom. The Morgan fingerprint density at radius 1 is 1.46 bits per heavy atom. The number of nitrogens with one attached hydrogen (secondary N) is 1. The number of methoxy groups -OCH3 is 1. The lowest BCUT2D eigenvalue weighted by atomic mass is 10.0. The van der Waals surface area contributed by atoms with Crippen LogP contribution in [-0.2, 0) is 4.74 Å². The standard InChI is InChI=1S/C17H29N3O5S/c1-12-10-14(6-7-20(12)26(22,23)9-3-8-24-2)18-17(21)15-11-16(25-19-15)13-4-5-13/h11-14,22-23H,3-10H2,1-2H3,(H,18,21)/t12?,14-/m0/s1. The van der Waals surface area contributed by atoms with E-state index in [1.54, 1.807) is 17.5 Å². The first-order chi connectivity index (χ1) is 12.4. The molecule has 1 saturated carbocycles. The van der Waals surface area contributed by atoms with Crippen LogP contribution in [0.1, 0.15) is 61.2 Å². The van der Waals surface area contributed by atoms with Crippen LogP contribution in [-0.4, -0.2) is 62.6 Å². The smallest absolute Gasteiger partial charge is 0.273 e. The molecular formula is C17H29N3O5S. The van der Waals surface area contributed by atoms with Crippen molar-refractivity contribution in [2.24, 2.45) is 0 Å². The van der Waals surface area contributed by atoms with Crippen LogP contribution in [0.4, 0.5) is 0 Å². The minimum Gasteiger partial charge on any atom is -0.385 e. The molecule has 2 atom stereocenters. The molecule has 9 heteroatoms. The minimum atomic E-state index is -2.79. The van der Waals surface area contributed by atoms with Crippen molar-refractivity contribution >= 4 is 16.7 Å². The molecule has 1 aromatic heterocycles. The molecule has 2 aliphatic rings. The third-order valence-corrected chi connectivity index (χ3v) is 7.16. The van der Waals surface area contributed by atoms with Crippen molar-refractivity contribution in [2.75, 3.05) is 26.0 Å². The zero-order valence-corrected chi connectivity index (χ0v) is 16.2. The van der Waals surface area contributed by atoms with Crippen LogP contribution >= 0.6 is 10.8 Å². The highest BCUT2D eigenvalue weighted by Gasteiger charge is 2.34. The Hall–Kier alpha value is -1.13. The summed E-state index contributed by atoms with van der Waals surface area (Å²) in [5.74, 6) is 1.31. The average Bonchev–Trinajstić information content (AvgIpc) is 3.31. The second kappa shape index (κ2) is 8.26. The summed E-state index contributed by atoms with van der Waals surface area (Å²) in [5, 5.41) is 6.87. The van der Waals surface area contributed by atoms with E-state index in [9.17, 15) is 13.9 Å². The Bertz CT molecular complexity index is 619. The molecule has 1 aliphatic carbocycles. The zero-order valence-electron chi connectivity index (χ0n) is 15.4. The lowest BCUT2D eigenvalue weighted by Crippen LogP contribution is -2.49. The molecule has 1 unspecified atom stereocenters. The number of rotatable bonds is 8. The summed E-state index contributed by atoms with van der Waals surface area (Å²) in [4.78, 5) is 12.4. The maximum atomic E-state index is 12.4. The van der Waals surface area contributed by atoms with Crippen molar-refractivity contribution in [3.05, 3.63) is 17.5 Å². The van der Waals surface area contributed by atoms with E-state index in [-0.39, 0.29) is 18.0 Å². The van der Waals surface area contributed by atoms with E-state index in [2.05, 4.69) is 10.5 Å². The van der Waals surface area contributed by atoms with Crippen LogP contribution in [0, 0.1) is 0 Å². The summed E-state index contributed by atoms with van der Waals surface area (Å²) < 4.78 is 32.9. The molecule has 0 aromatic carbocycles. The normalized spacial score (nSPS) is 25.2. The first-order valence-electron chi connectivity index (χ1n) is 9.20. The predicted octanol–water partition coefficient (Wildman–Crippen LogP) is 2.84. The fourth-order valence-electron chi connectivity index (χ4n) is 3.45. The minimum absolute atomic E-state index is 0.0102. The van der Waals surface area contributed by atoms with Gasteiger partial charge in [0.05, 0.1) is 5.75 Å². The van der Waals surface area contributed by atoms with Gasteiger partial charge in [0.2, 0.25) is 0 Å². The van der Waals surface area contributed by atoms with Crippen LogP contribution in [0.15, 0.2) is 10.6 Å². The lowest BCUT2D eigenvalue weighted by molar-refractivity contribution is 0.0903. The summed E-state index contributed by atoms with van der Waals surface area (Å²) in [6.45, 7) is 3.01. The van der Waals surface area contributed by atoms with Crippen LogP contribution in [0.5, 0.6) is 0 Å². The molecule has 1 amide bonds. The van der Waals surface area contributed by atoms with Gasteiger partial charge in [0.25, 0.3) is 5.91 Å². The van der Waals surface area contributed by atoms with Crippen molar-refractivity contribution in [1.82, 2.24) is 14.8 Å². The Morgan fingerprint density at radius 3 is 2.88 bits per heavy atom. The Labute approximate surface area is 155 Å². The fourth-order valence-corrected chi connectivity index (χ4v) is 5.25. The van der Waals surface area contributed by atoms with Crippen molar-refractivity contribution in [1.29, 1.82) is 0 Å². The van der Waals surface area contributed by atoms with Gasteiger partial charge in [-0.3, -0.25) is 13.9 Å². The number of carbonyl (C=O) groups excluding carboxylic acids is 1. The van der Waals surface area contributed by atoms with Gasteiger partial charge in [0.15, 0.2) is 5.69 Å². The lowest BCUT2D eigenvalue weighted by Gasteiger charge is -2.49. The summed E-state index contributed by atoms with van der Waals surface area (Å²) in [6.07, 6.45) is 4.15. The van der Waals surface area contributed by atoms with Gasteiger partial charge in [-0.05, 0) is 39.0 Å². The van der Waals surface area contributed by atoms with Gasteiger partial charge in [-0.15, -0.1) is 10.8 Å². The van der Waals surface area contributed by atoms with Gasteiger partial charge in [0, 0.05) is 44.3 Å². The highest BCUT2D eigenvalue weighted by molar-refractivity contribution is 8.22. The third kappa shape index (κ3) is 4.77. The van der Waals surface area contributed by atoms with Crippen LogP contribution in [0.2, 0.25) is 0 Å². The van der Waals surface area contributed by atoms with Crippen molar-refractivity contribution in [3.63, 3.8) is 0 Å². The van der Waals surface area contributed by atoms with Crippen LogP contribution in [0.25, 0.3) is 0 Å². The Balaban J connectivity index is 1.50. The van der Waals surface area contributed by atoms with Crippen LogP contribution < -0.4 is 5.32 Å².